The molecule has 0 N–H and O–H groups in total. The number of fused-ring (bicyclic) bond motifs is 7. The molecule has 5 nitrogen and oxygen atoms in total. The maximum Gasteiger partial charge on any atom is 0 e. The fourth-order valence-corrected chi connectivity index (χ4v) is 11.4. The molecule has 0 aliphatic carbocycles. The summed E-state index contributed by atoms with van der Waals surface area (Å²) in [4.78, 5) is 4.86. The molecule has 340 valence electrons. The largest absolute Gasteiger partial charge is 0 e. The van der Waals surface area contributed by atoms with E-state index in [0.29, 0.717) is 28.2 Å². The summed E-state index contributed by atoms with van der Waals surface area (Å²) in [6.07, 6.45) is 5.45. The van der Waals surface area contributed by atoms with Crippen molar-refractivity contribution in [2.45, 2.75) is 52.4 Å². The first-order valence-electron chi connectivity index (χ1n) is 27.4. The van der Waals surface area contributed by atoms with Gasteiger partial charge >= 0.3 is 313 Å². The van der Waals surface area contributed by atoms with Gasteiger partial charge in [0.15, 0.2) is 0 Å². The van der Waals surface area contributed by atoms with Crippen LogP contribution in [0.1, 0.15) is 66.4 Å². The van der Waals surface area contributed by atoms with Gasteiger partial charge in [-0.15, -0.1) is 5.39 Å². The number of rotatable bonds is 7. The summed E-state index contributed by atoms with van der Waals surface area (Å²) in [5.74, 6) is 1.59. The molecule has 0 unspecified atom stereocenters. The molecule has 4 heterocycles. The number of aromatic nitrogens is 4. The minimum absolute atomic E-state index is 0. The van der Waals surface area contributed by atoms with E-state index in [1.807, 2.05) is 65.4 Å². The Morgan fingerprint density at radius 1 is 0.594 bits per heavy atom. The number of hydrogen-bond acceptors (Lipinski definition) is 2. The van der Waals surface area contributed by atoms with E-state index in [2.05, 4.69) is 107 Å². The van der Waals surface area contributed by atoms with Gasteiger partial charge in [0.05, 0.1) is 0 Å². The number of pyridine rings is 1. The second kappa shape index (κ2) is 17.3. The Bertz CT molecular complexity index is 4390. The van der Waals surface area contributed by atoms with Crippen molar-refractivity contribution in [2.24, 2.45) is 0 Å². The third kappa shape index (κ3) is 7.95. The van der Waals surface area contributed by atoms with Crippen molar-refractivity contribution in [1.82, 2.24) is 14.1 Å². The molecule has 7 heteroatoms. The molecule has 0 atom stereocenters. The minimum atomic E-state index is -0.569. The van der Waals surface area contributed by atoms with Crippen LogP contribution in [0.25, 0.3) is 91.6 Å². The number of imidazole rings is 1. The number of para-hydroxylation sites is 2. The average molecular weight is 1150 g/mol. The second-order valence-electron chi connectivity index (χ2n) is 19.0. The third-order valence-electron chi connectivity index (χ3n) is 12.5. The molecule has 8 aromatic carbocycles. The molecular formula is C62H48N4OPtSe-2. The van der Waals surface area contributed by atoms with Crippen molar-refractivity contribution in [2.75, 3.05) is 0 Å². The number of hydrogen-bond donors (Lipinski definition) is 0. The summed E-state index contributed by atoms with van der Waals surface area (Å²) < 4.78 is 104. The standard InChI is InChI=1S/C62H48N4OSe.Pt/c1-61(2,3)42-30-31-63-59(34-42)66-53-26-15-13-22-49(53)50-29-28-45(36-54(50)66)67-46-33-43(62(4,5)6)32-44(35-46)64-39-65(56-38-58-52(37-55(56)64)51-23-14-16-27-57(51)68-58)60-47(40-18-9-7-10-19-40)24-17-25-48(60)41-20-11-8-12-21-41;/h7-34,37-38H,1-6H3;/q-2;/i7D,8D,9D,10D,11D,12D,18D,19D,20D,21D;. The molecule has 0 aliphatic rings. The van der Waals surface area contributed by atoms with Gasteiger partial charge in [-0.05, 0) is 34.6 Å². The zero-order valence-corrected chi connectivity index (χ0v) is 42.5. The molecule has 12 aromatic rings. The van der Waals surface area contributed by atoms with Gasteiger partial charge in [0.2, 0.25) is 0 Å². The first kappa shape index (κ1) is 34.5. The Labute approximate surface area is 437 Å². The molecule has 0 aliphatic heterocycles. The first-order chi connectivity index (χ1) is 37.1. The zero-order chi connectivity index (χ0) is 55.0. The summed E-state index contributed by atoms with van der Waals surface area (Å²) in [6.45, 7) is 12.9. The molecule has 0 fully saturated rings. The van der Waals surface area contributed by atoms with Gasteiger partial charge in [0, 0.05) is 32.8 Å². The van der Waals surface area contributed by atoms with E-state index in [9.17, 15) is 5.48 Å². The molecule has 0 saturated carbocycles. The SMILES string of the molecule is [2H]c1c([2H])c([2H])c(-c2cccc(-c3c([2H])c([2H])c([2H])c([2H])c3[2H])c2-[n+]2[c-]n(-c3[c-]c(Oc4[c-]c5c(cc4)c4ccccc4n5-c4cc(C(C)(C)C)ccn4)cc(C(C)(C)C)c3)c3cc4c(cc32)[se]c2ccccc24)c([2H])c1[2H].[Pt]. The van der Waals surface area contributed by atoms with Gasteiger partial charge < -0.3 is 4.57 Å². The van der Waals surface area contributed by atoms with Crippen LogP contribution in [-0.4, -0.2) is 28.6 Å². The number of benzene rings is 8. The molecule has 69 heavy (non-hydrogen) atoms. The fourth-order valence-electron chi connectivity index (χ4n) is 9.06. The Morgan fingerprint density at radius 2 is 1.28 bits per heavy atom. The van der Waals surface area contributed by atoms with Crippen LogP contribution >= 0.6 is 0 Å². The normalized spacial score (nSPS) is 14.1. The van der Waals surface area contributed by atoms with E-state index in [-0.39, 0.29) is 68.9 Å². The predicted molar refractivity (Wildman–Crippen MR) is 280 cm³/mol. The van der Waals surface area contributed by atoms with Crippen molar-refractivity contribution < 1.29 is 44.1 Å². The van der Waals surface area contributed by atoms with E-state index in [1.54, 1.807) is 22.8 Å². The van der Waals surface area contributed by atoms with Gasteiger partial charge in [0.25, 0.3) is 0 Å². The van der Waals surface area contributed by atoms with E-state index >= 15 is 0 Å². The van der Waals surface area contributed by atoms with Crippen molar-refractivity contribution in [3.8, 4) is 50.9 Å². The van der Waals surface area contributed by atoms with Gasteiger partial charge in [-0.25, -0.2) is 4.98 Å². The van der Waals surface area contributed by atoms with Crippen molar-refractivity contribution in [3.05, 3.63) is 211 Å². The monoisotopic (exact) mass is 1150 g/mol. The van der Waals surface area contributed by atoms with E-state index in [1.165, 1.54) is 4.26 Å². The van der Waals surface area contributed by atoms with E-state index < -0.39 is 65.8 Å². The van der Waals surface area contributed by atoms with Gasteiger partial charge in [-0.2, -0.15) is 0 Å². The third-order valence-corrected chi connectivity index (χ3v) is 14.9. The van der Waals surface area contributed by atoms with Gasteiger partial charge in [-0.3, -0.25) is 0 Å². The number of nitrogens with zero attached hydrogens (tertiary/aromatic N) is 4. The molecule has 4 aromatic heterocycles. The minimum Gasteiger partial charge on any atom is 0 e. The van der Waals surface area contributed by atoms with Crippen LogP contribution in [0.3, 0.4) is 0 Å². The Hall–Kier alpha value is -6.81. The van der Waals surface area contributed by atoms with Gasteiger partial charge in [0.1, 0.15) is 5.82 Å². The fraction of sp³-hybridized carbons (Fsp3) is 0.129. The molecular weight excluding hydrogens is 1090 g/mol. The van der Waals surface area contributed by atoms with Crippen LogP contribution in [-0.2, 0) is 31.9 Å². The summed E-state index contributed by atoms with van der Waals surface area (Å²) in [7, 11) is 0. The summed E-state index contributed by atoms with van der Waals surface area (Å²) >= 11 is -0.129. The van der Waals surface area contributed by atoms with Crippen LogP contribution < -0.4 is 9.30 Å². The maximum atomic E-state index is 9.24. The summed E-state index contributed by atoms with van der Waals surface area (Å²) in [5, 5.41) is 4.14. The van der Waals surface area contributed by atoms with Crippen molar-refractivity contribution in [3.63, 3.8) is 0 Å². The van der Waals surface area contributed by atoms with Crippen molar-refractivity contribution in [1.29, 1.82) is 0 Å². The molecule has 0 saturated heterocycles. The Balaban J connectivity index is 0.00000660. The first-order valence-corrected chi connectivity index (χ1v) is 24.1. The number of ether oxygens (including phenoxy) is 1. The van der Waals surface area contributed by atoms with Gasteiger partial charge in [-0.1, -0.05) is 39.0 Å². The molecule has 0 bridgehead atoms. The molecule has 0 radical (unpaired) electrons. The molecule has 0 spiro atoms. The van der Waals surface area contributed by atoms with Crippen LogP contribution in [0.15, 0.2) is 182 Å². The summed E-state index contributed by atoms with van der Waals surface area (Å²) in [5.41, 5.74) is 5.27. The van der Waals surface area contributed by atoms with Crippen LogP contribution in [0.4, 0.5) is 0 Å². The van der Waals surface area contributed by atoms with Crippen LogP contribution in [0.2, 0.25) is 0 Å². The smallest absolute Gasteiger partial charge is 0 e. The molecule has 12 rings (SSSR count). The Morgan fingerprint density at radius 3 is 1.99 bits per heavy atom. The zero-order valence-electron chi connectivity index (χ0n) is 48.5. The topological polar surface area (TPSA) is 35.9 Å². The second-order valence-corrected chi connectivity index (χ2v) is 21.2. The van der Waals surface area contributed by atoms with Crippen molar-refractivity contribution >= 4 is 66.6 Å². The van der Waals surface area contributed by atoms with E-state index in [0.717, 1.165) is 53.8 Å². The van der Waals surface area contributed by atoms with E-state index in [4.69, 9.17) is 17.9 Å². The quantitative estimate of drug-likeness (QED) is 0.0906. The predicted octanol–water partition coefficient (Wildman–Crippen LogP) is 14.9. The van der Waals surface area contributed by atoms with Crippen LogP contribution in [0, 0.1) is 18.5 Å². The maximum absolute atomic E-state index is 9.24. The Kier molecular flexibility index (Phi) is 8.64. The summed E-state index contributed by atoms with van der Waals surface area (Å²) in [6, 6.07) is 39.6. The molecule has 0 amide bonds. The van der Waals surface area contributed by atoms with Crippen LogP contribution in [0.5, 0.6) is 11.5 Å². The average Bonchev–Trinajstić information content (AvgIpc) is 4.21.